The number of hydrogen-bond donors (Lipinski definition) is 0. The zero-order valence-corrected chi connectivity index (χ0v) is 22.6. The molecule has 1 unspecified atom stereocenters. The minimum Gasteiger partial charge on any atom is -0.458 e. The lowest BCUT2D eigenvalue weighted by Gasteiger charge is -2.32. The van der Waals surface area contributed by atoms with Gasteiger partial charge in [0.05, 0.1) is 19.3 Å². The third-order valence-electron chi connectivity index (χ3n) is 5.41. The summed E-state index contributed by atoms with van der Waals surface area (Å²) in [6.45, 7) is 10.4. The zero-order chi connectivity index (χ0) is 26.9. The van der Waals surface area contributed by atoms with E-state index < -0.39 is 35.5 Å². The van der Waals surface area contributed by atoms with Crippen molar-refractivity contribution in [2.24, 2.45) is 4.99 Å². The highest BCUT2D eigenvalue weighted by Gasteiger charge is 2.37. The fourth-order valence-corrected chi connectivity index (χ4v) is 3.69. The van der Waals surface area contributed by atoms with Gasteiger partial charge in [-0.3, -0.25) is 9.89 Å². The molecule has 1 aliphatic heterocycles. The smallest absolute Gasteiger partial charge is 0.410 e. The molecule has 1 amide bonds. The molecule has 0 fully saturated rings. The van der Waals surface area contributed by atoms with Gasteiger partial charge in [-0.2, -0.15) is 0 Å². The van der Waals surface area contributed by atoms with Crippen molar-refractivity contribution < 1.29 is 28.2 Å². The number of nitrogens with zero attached hydrogens (tertiary/aromatic N) is 2. The average Bonchev–Trinajstić information content (AvgIpc) is 2.76. The lowest BCUT2D eigenvalue weighted by molar-refractivity contribution is -0.159. The largest absolute Gasteiger partial charge is 0.458 e. The van der Waals surface area contributed by atoms with Gasteiger partial charge in [-0.1, -0.05) is 36.4 Å². The lowest BCUT2D eigenvalue weighted by atomic mass is 10.00. The van der Waals surface area contributed by atoms with E-state index in [0.29, 0.717) is 13.0 Å². The minimum absolute atomic E-state index is 0.129. The Bertz CT molecular complexity index is 918. The summed E-state index contributed by atoms with van der Waals surface area (Å²) in [7, 11) is 1.42. The van der Waals surface area contributed by atoms with Crippen LogP contribution in [0.3, 0.4) is 0 Å². The van der Waals surface area contributed by atoms with Gasteiger partial charge in [0.25, 0.3) is 0 Å². The molecule has 200 valence electrons. The summed E-state index contributed by atoms with van der Waals surface area (Å²) < 4.78 is 31.8. The second kappa shape index (κ2) is 13.0. The van der Waals surface area contributed by atoms with Gasteiger partial charge in [0, 0.05) is 25.6 Å². The number of allylic oxidation sites excluding steroid dienone is 1. The van der Waals surface area contributed by atoms with Crippen LogP contribution in [0.4, 0.5) is 9.18 Å². The first-order valence-electron chi connectivity index (χ1n) is 12.4. The second-order valence-electron chi connectivity index (χ2n) is 10.9. The second-order valence-corrected chi connectivity index (χ2v) is 10.9. The van der Waals surface area contributed by atoms with Crippen molar-refractivity contribution in [3.63, 3.8) is 0 Å². The van der Waals surface area contributed by atoms with E-state index in [-0.39, 0.29) is 19.1 Å². The molecule has 0 N–H and O–H groups in total. The fourth-order valence-electron chi connectivity index (χ4n) is 3.69. The summed E-state index contributed by atoms with van der Waals surface area (Å²) in [5.41, 5.74) is -0.683. The van der Waals surface area contributed by atoms with Gasteiger partial charge >= 0.3 is 12.1 Å². The summed E-state index contributed by atoms with van der Waals surface area (Å²) in [4.78, 5) is 31.8. The standard InChI is InChI=1S/C28H41FN2O5/c1-20-12-11-15-22(30-20)16-23(19-34-18-21-13-9-8-10-14-21)35-25(32)24(17-28(5,6)29)31(7)26(33)36-27(2,3)4/h8-11,13-15,20,23-24H,12,16-19H2,1-7H3/t20?,23-,24+/m1/s1. The average molecular weight is 505 g/mol. The molecule has 0 radical (unpaired) electrons. The molecule has 0 bridgehead atoms. The Hall–Kier alpha value is -2.74. The Balaban J connectivity index is 2.17. The predicted molar refractivity (Wildman–Crippen MR) is 139 cm³/mol. The highest BCUT2D eigenvalue weighted by Crippen LogP contribution is 2.23. The molecule has 3 atom stereocenters. The number of esters is 1. The molecule has 36 heavy (non-hydrogen) atoms. The van der Waals surface area contributed by atoms with Gasteiger partial charge < -0.3 is 14.2 Å². The fraction of sp³-hybridized carbons (Fsp3) is 0.607. The van der Waals surface area contributed by atoms with Crippen molar-refractivity contribution in [3.05, 3.63) is 48.0 Å². The number of hydrogen-bond acceptors (Lipinski definition) is 6. The molecule has 0 saturated heterocycles. The van der Waals surface area contributed by atoms with Crippen LogP contribution in [0, 0.1) is 0 Å². The zero-order valence-electron chi connectivity index (χ0n) is 22.6. The maximum atomic E-state index is 14.7. The first kappa shape index (κ1) is 29.5. The maximum absolute atomic E-state index is 14.7. The number of ether oxygens (including phenoxy) is 3. The summed E-state index contributed by atoms with van der Waals surface area (Å²) in [5.74, 6) is -0.712. The van der Waals surface area contributed by atoms with Crippen LogP contribution in [0.5, 0.6) is 0 Å². The first-order chi connectivity index (χ1) is 16.7. The number of aliphatic imine (C=N–C) groups is 1. The number of benzene rings is 1. The minimum atomic E-state index is -1.72. The van der Waals surface area contributed by atoms with E-state index >= 15 is 0 Å². The summed E-state index contributed by atoms with van der Waals surface area (Å²) in [6, 6.07) is 8.65. The van der Waals surface area contributed by atoms with Crippen molar-refractivity contribution in [1.82, 2.24) is 4.90 Å². The molecule has 0 aromatic heterocycles. The van der Waals surface area contributed by atoms with Crippen molar-refractivity contribution >= 4 is 17.8 Å². The van der Waals surface area contributed by atoms with E-state index in [4.69, 9.17) is 14.2 Å². The third kappa shape index (κ3) is 10.9. The Morgan fingerprint density at radius 3 is 2.42 bits per heavy atom. The predicted octanol–water partition coefficient (Wildman–Crippen LogP) is 5.67. The molecular formula is C28H41FN2O5. The maximum Gasteiger partial charge on any atom is 0.410 e. The van der Waals surface area contributed by atoms with E-state index in [9.17, 15) is 14.0 Å². The number of carbonyl (C=O) groups excluding carboxylic acids is 2. The monoisotopic (exact) mass is 504 g/mol. The molecule has 2 rings (SSSR count). The SMILES string of the molecule is CC1CC=CC(C[C@H](COCc2ccccc2)OC(=O)[C@H](CC(C)(C)F)N(C)C(=O)OC(C)(C)C)=N1. The van der Waals surface area contributed by atoms with E-state index in [1.807, 2.05) is 49.4 Å². The van der Waals surface area contributed by atoms with E-state index in [0.717, 1.165) is 22.6 Å². The summed E-state index contributed by atoms with van der Waals surface area (Å²) in [5, 5.41) is 0. The van der Waals surface area contributed by atoms with E-state index in [2.05, 4.69) is 4.99 Å². The molecule has 0 aliphatic carbocycles. The van der Waals surface area contributed by atoms with Crippen molar-refractivity contribution in [3.8, 4) is 0 Å². The van der Waals surface area contributed by atoms with Crippen LogP contribution in [-0.4, -0.2) is 65.8 Å². The Kier molecular flexibility index (Phi) is 10.6. The molecular weight excluding hydrogens is 463 g/mol. The molecule has 8 heteroatoms. The molecule has 0 saturated carbocycles. The number of carbonyl (C=O) groups is 2. The molecule has 1 aromatic rings. The normalized spacial score (nSPS) is 17.7. The van der Waals surface area contributed by atoms with Crippen LogP contribution in [0.25, 0.3) is 0 Å². The van der Waals surface area contributed by atoms with Crippen molar-refractivity contribution in [1.29, 1.82) is 0 Å². The quantitative estimate of drug-likeness (QED) is 0.363. The lowest BCUT2D eigenvalue weighted by Crippen LogP contribution is -2.49. The highest BCUT2D eigenvalue weighted by atomic mass is 19.1. The van der Waals surface area contributed by atoms with E-state index in [1.165, 1.54) is 20.9 Å². The van der Waals surface area contributed by atoms with Crippen LogP contribution >= 0.6 is 0 Å². The number of dihydropyridines is 1. The van der Waals surface area contributed by atoms with Gasteiger partial charge in [0.15, 0.2) is 0 Å². The van der Waals surface area contributed by atoms with Crippen LogP contribution in [0.1, 0.15) is 66.4 Å². The van der Waals surface area contributed by atoms with Crippen molar-refractivity contribution in [2.45, 2.75) is 96.9 Å². The highest BCUT2D eigenvalue weighted by molar-refractivity contribution is 5.96. The number of amides is 1. The number of rotatable bonds is 11. The number of likely N-dealkylation sites (N-methyl/N-ethyl adjacent to an activating group) is 1. The van der Waals surface area contributed by atoms with Gasteiger partial charge in [0.2, 0.25) is 0 Å². The van der Waals surface area contributed by atoms with Crippen LogP contribution in [0.15, 0.2) is 47.5 Å². The van der Waals surface area contributed by atoms with Gasteiger partial charge in [-0.05, 0) is 59.6 Å². The van der Waals surface area contributed by atoms with Gasteiger partial charge in [-0.15, -0.1) is 0 Å². The summed E-state index contributed by atoms with van der Waals surface area (Å²) >= 11 is 0. The molecule has 0 spiro atoms. The Morgan fingerprint density at radius 1 is 1.17 bits per heavy atom. The van der Waals surface area contributed by atoms with Crippen molar-refractivity contribution in [2.75, 3.05) is 13.7 Å². The first-order valence-corrected chi connectivity index (χ1v) is 12.4. The van der Waals surface area contributed by atoms with E-state index in [1.54, 1.807) is 20.8 Å². The van der Waals surface area contributed by atoms with Gasteiger partial charge in [0.1, 0.15) is 23.4 Å². The number of alkyl halides is 1. The van der Waals surface area contributed by atoms with Crippen LogP contribution in [0.2, 0.25) is 0 Å². The Labute approximate surface area is 214 Å². The van der Waals surface area contributed by atoms with Gasteiger partial charge in [-0.25, -0.2) is 14.0 Å². The van der Waals surface area contributed by atoms with Crippen LogP contribution < -0.4 is 0 Å². The third-order valence-corrected chi connectivity index (χ3v) is 5.41. The molecule has 7 nitrogen and oxygen atoms in total. The topological polar surface area (TPSA) is 77.4 Å². The Morgan fingerprint density at radius 2 is 1.83 bits per heavy atom. The van der Waals surface area contributed by atoms with Crippen LogP contribution in [-0.2, 0) is 25.6 Å². The number of halogens is 1. The molecule has 1 aliphatic rings. The molecule has 1 aromatic carbocycles. The molecule has 1 heterocycles. The summed E-state index contributed by atoms with van der Waals surface area (Å²) in [6.07, 6.45) is 3.55.